The first-order valence-corrected chi connectivity index (χ1v) is 5.19. The molecule has 2 unspecified atom stereocenters. The number of halogens is 1. The molecule has 0 spiro atoms. The normalized spacial score (nSPS) is 15.0. The van der Waals surface area contributed by atoms with Gasteiger partial charge in [-0.05, 0) is 44.0 Å². The molecule has 3 heteroatoms. The molecule has 2 N–H and O–H groups in total. The first-order valence-electron chi connectivity index (χ1n) is 5.19. The summed E-state index contributed by atoms with van der Waals surface area (Å²) in [6.07, 6.45) is -0.101. The minimum Gasteiger partial charge on any atom is -0.377 e. The van der Waals surface area contributed by atoms with Gasteiger partial charge in [-0.2, -0.15) is 0 Å². The average molecular weight is 211 g/mol. The minimum absolute atomic E-state index is 0.101. The zero-order chi connectivity index (χ0) is 11.4. The number of rotatable bonds is 4. The van der Waals surface area contributed by atoms with E-state index in [0.29, 0.717) is 6.61 Å². The molecule has 1 aromatic carbocycles. The van der Waals surface area contributed by atoms with Crippen molar-refractivity contribution in [1.82, 2.24) is 0 Å². The van der Waals surface area contributed by atoms with E-state index in [1.54, 1.807) is 0 Å². The summed E-state index contributed by atoms with van der Waals surface area (Å²) >= 11 is 0. The van der Waals surface area contributed by atoms with Crippen LogP contribution in [-0.4, -0.2) is 12.7 Å². The van der Waals surface area contributed by atoms with Crippen molar-refractivity contribution in [3.8, 4) is 0 Å². The van der Waals surface area contributed by atoms with Gasteiger partial charge in [-0.1, -0.05) is 6.07 Å². The largest absolute Gasteiger partial charge is 0.377 e. The van der Waals surface area contributed by atoms with Crippen LogP contribution < -0.4 is 5.73 Å². The highest BCUT2D eigenvalue weighted by molar-refractivity contribution is 5.26. The van der Waals surface area contributed by atoms with E-state index in [9.17, 15) is 4.39 Å². The van der Waals surface area contributed by atoms with Gasteiger partial charge in [-0.25, -0.2) is 4.39 Å². The molecule has 1 rings (SSSR count). The van der Waals surface area contributed by atoms with E-state index in [4.69, 9.17) is 10.5 Å². The topological polar surface area (TPSA) is 35.2 Å². The maximum atomic E-state index is 13.1. The Balaban J connectivity index is 2.85. The van der Waals surface area contributed by atoms with Gasteiger partial charge in [-0.3, -0.25) is 0 Å². The first-order chi connectivity index (χ1) is 7.04. The highest BCUT2D eigenvalue weighted by atomic mass is 19.1. The molecule has 84 valence electrons. The van der Waals surface area contributed by atoms with E-state index in [1.807, 2.05) is 26.8 Å². The average Bonchev–Trinajstić information content (AvgIpc) is 2.15. The van der Waals surface area contributed by atoms with Crippen molar-refractivity contribution in [2.45, 2.75) is 32.9 Å². The third-order valence-electron chi connectivity index (χ3n) is 2.38. The summed E-state index contributed by atoms with van der Waals surface area (Å²) in [5, 5.41) is 0. The zero-order valence-corrected chi connectivity index (χ0v) is 9.46. The van der Waals surface area contributed by atoms with Gasteiger partial charge in [0, 0.05) is 6.61 Å². The highest BCUT2D eigenvalue weighted by Gasteiger charge is 2.15. The molecule has 1 aromatic rings. The molecule has 0 saturated carbocycles. The van der Waals surface area contributed by atoms with Gasteiger partial charge in [0.05, 0.1) is 12.1 Å². The second-order valence-corrected chi connectivity index (χ2v) is 3.75. The van der Waals surface area contributed by atoms with Gasteiger partial charge >= 0.3 is 0 Å². The molecule has 0 aliphatic carbocycles. The van der Waals surface area contributed by atoms with E-state index in [1.165, 1.54) is 12.1 Å². The number of hydrogen-bond acceptors (Lipinski definition) is 2. The summed E-state index contributed by atoms with van der Waals surface area (Å²) in [7, 11) is 0. The van der Waals surface area contributed by atoms with Gasteiger partial charge < -0.3 is 10.5 Å². The summed E-state index contributed by atoms with van der Waals surface area (Å²) in [6, 6.07) is 4.57. The number of hydrogen-bond donors (Lipinski definition) is 1. The quantitative estimate of drug-likeness (QED) is 0.830. The van der Waals surface area contributed by atoms with E-state index in [2.05, 4.69) is 0 Å². The lowest BCUT2D eigenvalue weighted by molar-refractivity contribution is 0.0574. The lowest BCUT2D eigenvalue weighted by atomic mass is 10.0. The molecular formula is C12H18FNO. The standard InChI is InChI=1S/C12H18FNO/c1-4-15-9(3)12(14)10-5-8(2)6-11(13)7-10/h5-7,9,12H,4,14H2,1-3H3. The van der Waals surface area contributed by atoms with Crippen LogP contribution in [0.3, 0.4) is 0 Å². The van der Waals surface area contributed by atoms with Gasteiger partial charge in [0.15, 0.2) is 0 Å². The van der Waals surface area contributed by atoms with Gasteiger partial charge in [0.2, 0.25) is 0 Å². The maximum Gasteiger partial charge on any atom is 0.123 e. The Labute approximate surface area is 90.2 Å². The number of nitrogens with two attached hydrogens (primary N) is 1. The number of aryl methyl sites for hydroxylation is 1. The molecule has 0 amide bonds. The molecule has 0 fully saturated rings. The lowest BCUT2D eigenvalue weighted by Gasteiger charge is -2.20. The molecule has 0 aromatic heterocycles. The van der Waals surface area contributed by atoms with Crippen molar-refractivity contribution in [1.29, 1.82) is 0 Å². The van der Waals surface area contributed by atoms with Crippen LogP contribution in [0.2, 0.25) is 0 Å². The van der Waals surface area contributed by atoms with Crippen molar-refractivity contribution >= 4 is 0 Å². The molecule has 0 bridgehead atoms. The molecule has 0 aliphatic rings. The van der Waals surface area contributed by atoms with Crippen LogP contribution in [0.4, 0.5) is 4.39 Å². The molecule has 0 saturated heterocycles. The Bertz CT molecular complexity index is 307. The van der Waals surface area contributed by atoms with Crippen molar-refractivity contribution < 1.29 is 9.13 Å². The Morgan fingerprint density at radius 3 is 2.60 bits per heavy atom. The van der Waals surface area contributed by atoms with E-state index >= 15 is 0 Å². The third kappa shape index (κ3) is 3.29. The fourth-order valence-corrected chi connectivity index (χ4v) is 1.59. The van der Waals surface area contributed by atoms with Gasteiger partial charge in [0.25, 0.3) is 0 Å². The Hall–Kier alpha value is -0.930. The molecular weight excluding hydrogens is 193 g/mol. The first kappa shape index (κ1) is 12.1. The van der Waals surface area contributed by atoms with Crippen LogP contribution in [0.25, 0.3) is 0 Å². The fourth-order valence-electron chi connectivity index (χ4n) is 1.59. The third-order valence-corrected chi connectivity index (χ3v) is 2.38. The van der Waals surface area contributed by atoms with Crippen molar-refractivity contribution in [2.24, 2.45) is 5.73 Å². The van der Waals surface area contributed by atoms with Crippen LogP contribution >= 0.6 is 0 Å². The predicted octanol–water partition coefficient (Wildman–Crippen LogP) is 2.56. The van der Waals surface area contributed by atoms with Crippen molar-refractivity contribution in [3.63, 3.8) is 0 Å². The summed E-state index contributed by atoms with van der Waals surface area (Å²) in [6.45, 7) is 6.28. The summed E-state index contributed by atoms with van der Waals surface area (Å²) in [4.78, 5) is 0. The Morgan fingerprint density at radius 2 is 2.07 bits per heavy atom. The molecule has 0 aliphatic heterocycles. The van der Waals surface area contributed by atoms with Crippen molar-refractivity contribution in [3.05, 3.63) is 35.1 Å². The molecule has 0 radical (unpaired) electrons. The molecule has 0 heterocycles. The van der Waals surface area contributed by atoms with Crippen LogP contribution in [0.15, 0.2) is 18.2 Å². The van der Waals surface area contributed by atoms with Crippen LogP contribution in [-0.2, 0) is 4.74 Å². The minimum atomic E-state index is -0.278. The van der Waals surface area contributed by atoms with E-state index < -0.39 is 0 Å². The molecule has 2 atom stereocenters. The predicted molar refractivity (Wildman–Crippen MR) is 59.2 cm³/mol. The van der Waals surface area contributed by atoms with Crippen LogP contribution in [0.5, 0.6) is 0 Å². The summed E-state index contributed by atoms with van der Waals surface area (Å²) < 4.78 is 18.5. The summed E-state index contributed by atoms with van der Waals surface area (Å²) in [5.74, 6) is -0.246. The smallest absolute Gasteiger partial charge is 0.123 e. The lowest BCUT2D eigenvalue weighted by Crippen LogP contribution is -2.26. The van der Waals surface area contributed by atoms with Gasteiger partial charge in [-0.15, -0.1) is 0 Å². The van der Waals surface area contributed by atoms with Gasteiger partial charge in [0.1, 0.15) is 5.82 Å². The SMILES string of the molecule is CCOC(C)C(N)c1cc(C)cc(F)c1. The Morgan fingerprint density at radius 1 is 1.40 bits per heavy atom. The molecule has 2 nitrogen and oxygen atoms in total. The second-order valence-electron chi connectivity index (χ2n) is 3.75. The highest BCUT2D eigenvalue weighted by Crippen LogP contribution is 2.19. The van der Waals surface area contributed by atoms with Crippen molar-refractivity contribution in [2.75, 3.05) is 6.61 Å². The number of ether oxygens (including phenoxy) is 1. The van der Waals surface area contributed by atoms with Crippen LogP contribution in [0, 0.1) is 12.7 Å². The Kier molecular flexibility index (Phi) is 4.24. The van der Waals surface area contributed by atoms with E-state index in [-0.39, 0.29) is 18.0 Å². The fraction of sp³-hybridized carbons (Fsp3) is 0.500. The molecule has 15 heavy (non-hydrogen) atoms. The van der Waals surface area contributed by atoms with Crippen LogP contribution in [0.1, 0.15) is 31.0 Å². The zero-order valence-electron chi connectivity index (χ0n) is 9.46. The monoisotopic (exact) mass is 211 g/mol. The maximum absolute atomic E-state index is 13.1. The second kappa shape index (κ2) is 5.24. The number of benzene rings is 1. The summed E-state index contributed by atoms with van der Waals surface area (Å²) in [5.41, 5.74) is 7.64. The van der Waals surface area contributed by atoms with E-state index in [0.717, 1.165) is 11.1 Å².